The Balaban J connectivity index is 1.63. The standard InChI is InChI=1S/C17H24FN3O2/c1-19-7-9-20(10-8-19)14-5-6-21(12-14)17(22)13-3-4-15(18)16(11-13)23-2/h3-4,11,14H,5-10,12H2,1-2H3. The van der Waals surface area contributed by atoms with Crippen molar-refractivity contribution in [3.8, 4) is 5.75 Å². The SMILES string of the molecule is COc1cc(C(=O)N2CCC(N3CCN(C)CC3)C2)ccc1F. The van der Waals surface area contributed by atoms with Crippen molar-refractivity contribution in [3.05, 3.63) is 29.6 Å². The average molecular weight is 321 g/mol. The smallest absolute Gasteiger partial charge is 0.254 e. The fourth-order valence-corrected chi connectivity index (χ4v) is 3.39. The molecule has 2 aliphatic rings. The molecule has 2 heterocycles. The van der Waals surface area contributed by atoms with E-state index in [0.717, 1.165) is 45.7 Å². The van der Waals surface area contributed by atoms with Gasteiger partial charge in [-0.15, -0.1) is 0 Å². The van der Waals surface area contributed by atoms with Crippen molar-refractivity contribution in [1.29, 1.82) is 0 Å². The van der Waals surface area contributed by atoms with Crippen LogP contribution in [0.3, 0.4) is 0 Å². The van der Waals surface area contributed by atoms with Crippen molar-refractivity contribution < 1.29 is 13.9 Å². The van der Waals surface area contributed by atoms with E-state index < -0.39 is 5.82 Å². The van der Waals surface area contributed by atoms with Gasteiger partial charge in [0, 0.05) is 50.9 Å². The molecule has 0 saturated carbocycles. The Bertz CT molecular complexity index is 573. The van der Waals surface area contributed by atoms with Crippen LogP contribution in [0.1, 0.15) is 16.8 Å². The Hall–Kier alpha value is -1.66. The van der Waals surface area contributed by atoms with Crippen molar-refractivity contribution in [2.24, 2.45) is 0 Å². The molecule has 2 saturated heterocycles. The van der Waals surface area contributed by atoms with Crippen molar-refractivity contribution in [3.63, 3.8) is 0 Å². The Morgan fingerprint density at radius 3 is 2.65 bits per heavy atom. The minimum absolute atomic E-state index is 0.0417. The molecule has 0 N–H and O–H groups in total. The zero-order valence-corrected chi connectivity index (χ0v) is 13.8. The van der Waals surface area contributed by atoms with Gasteiger partial charge in [0.15, 0.2) is 11.6 Å². The van der Waals surface area contributed by atoms with Crippen molar-refractivity contribution >= 4 is 5.91 Å². The van der Waals surface area contributed by atoms with Crippen LogP contribution in [0.15, 0.2) is 18.2 Å². The molecule has 1 unspecified atom stereocenters. The quantitative estimate of drug-likeness (QED) is 0.841. The van der Waals surface area contributed by atoms with Gasteiger partial charge in [0.1, 0.15) is 0 Å². The molecule has 0 aromatic heterocycles. The number of hydrogen-bond acceptors (Lipinski definition) is 4. The molecule has 126 valence electrons. The van der Waals surface area contributed by atoms with Gasteiger partial charge in [0.2, 0.25) is 0 Å². The highest BCUT2D eigenvalue weighted by atomic mass is 19.1. The zero-order valence-electron chi connectivity index (χ0n) is 13.8. The predicted octanol–water partition coefficient (Wildman–Crippen LogP) is 1.30. The third-order valence-corrected chi connectivity index (χ3v) is 4.90. The molecule has 1 aromatic rings. The van der Waals surface area contributed by atoms with Gasteiger partial charge in [0.25, 0.3) is 5.91 Å². The predicted molar refractivity (Wildman–Crippen MR) is 86.3 cm³/mol. The van der Waals surface area contributed by atoms with E-state index in [1.54, 1.807) is 0 Å². The number of methoxy groups -OCH3 is 1. The molecule has 2 fully saturated rings. The summed E-state index contributed by atoms with van der Waals surface area (Å²) in [6.45, 7) is 5.80. The third-order valence-electron chi connectivity index (χ3n) is 4.90. The van der Waals surface area contributed by atoms with E-state index >= 15 is 0 Å². The second kappa shape index (κ2) is 6.84. The van der Waals surface area contributed by atoms with Gasteiger partial charge >= 0.3 is 0 Å². The van der Waals surface area contributed by atoms with Crippen LogP contribution in [0.5, 0.6) is 5.75 Å². The molecule has 1 atom stereocenters. The molecule has 23 heavy (non-hydrogen) atoms. The van der Waals surface area contributed by atoms with E-state index in [4.69, 9.17) is 4.74 Å². The lowest BCUT2D eigenvalue weighted by molar-refractivity contribution is 0.0755. The van der Waals surface area contributed by atoms with E-state index in [2.05, 4.69) is 16.8 Å². The van der Waals surface area contributed by atoms with Crippen LogP contribution in [-0.4, -0.2) is 80.1 Å². The monoisotopic (exact) mass is 321 g/mol. The maximum Gasteiger partial charge on any atom is 0.254 e. The minimum atomic E-state index is -0.444. The number of benzene rings is 1. The topological polar surface area (TPSA) is 36.0 Å². The number of piperazine rings is 1. The fraction of sp³-hybridized carbons (Fsp3) is 0.588. The molecular formula is C17H24FN3O2. The second-order valence-electron chi connectivity index (χ2n) is 6.38. The lowest BCUT2D eigenvalue weighted by Gasteiger charge is -2.36. The van der Waals surface area contributed by atoms with Gasteiger partial charge < -0.3 is 14.5 Å². The number of nitrogens with zero attached hydrogens (tertiary/aromatic N) is 3. The van der Waals surface area contributed by atoms with E-state index in [1.807, 2.05) is 4.90 Å². The van der Waals surface area contributed by atoms with Crippen LogP contribution >= 0.6 is 0 Å². The van der Waals surface area contributed by atoms with Crippen LogP contribution in [0.25, 0.3) is 0 Å². The molecule has 1 amide bonds. The maximum absolute atomic E-state index is 13.5. The first-order valence-corrected chi connectivity index (χ1v) is 8.14. The number of rotatable bonds is 3. The van der Waals surface area contributed by atoms with Gasteiger partial charge in [-0.2, -0.15) is 0 Å². The average Bonchev–Trinajstić information content (AvgIpc) is 3.05. The van der Waals surface area contributed by atoms with Crippen molar-refractivity contribution in [1.82, 2.24) is 14.7 Å². The lowest BCUT2D eigenvalue weighted by atomic mass is 10.2. The molecule has 0 radical (unpaired) electrons. The summed E-state index contributed by atoms with van der Waals surface area (Å²) in [5, 5.41) is 0. The summed E-state index contributed by atoms with van der Waals surface area (Å²) in [6, 6.07) is 4.75. The molecule has 6 heteroatoms. The Morgan fingerprint density at radius 1 is 1.22 bits per heavy atom. The summed E-state index contributed by atoms with van der Waals surface area (Å²) >= 11 is 0. The summed E-state index contributed by atoms with van der Waals surface area (Å²) in [5.41, 5.74) is 0.488. The van der Waals surface area contributed by atoms with Gasteiger partial charge in [-0.05, 0) is 31.7 Å². The number of ether oxygens (including phenoxy) is 1. The Morgan fingerprint density at radius 2 is 1.96 bits per heavy atom. The first-order valence-electron chi connectivity index (χ1n) is 8.14. The van der Waals surface area contributed by atoms with Crippen molar-refractivity contribution in [2.75, 3.05) is 53.4 Å². The molecule has 2 aliphatic heterocycles. The highest BCUT2D eigenvalue weighted by Crippen LogP contribution is 2.23. The summed E-state index contributed by atoms with van der Waals surface area (Å²) in [6.07, 6.45) is 1.01. The molecule has 1 aromatic carbocycles. The highest BCUT2D eigenvalue weighted by Gasteiger charge is 2.32. The van der Waals surface area contributed by atoms with E-state index in [9.17, 15) is 9.18 Å². The van der Waals surface area contributed by atoms with Gasteiger partial charge in [-0.1, -0.05) is 0 Å². The van der Waals surface area contributed by atoms with Gasteiger partial charge in [-0.3, -0.25) is 9.69 Å². The number of carbonyl (C=O) groups excluding carboxylic acids is 1. The van der Waals surface area contributed by atoms with E-state index in [-0.39, 0.29) is 11.7 Å². The van der Waals surface area contributed by atoms with Gasteiger partial charge in [-0.25, -0.2) is 4.39 Å². The van der Waals surface area contributed by atoms with Crippen LogP contribution in [0.2, 0.25) is 0 Å². The largest absolute Gasteiger partial charge is 0.494 e. The van der Waals surface area contributed by atoms with E-state index in [1.165, 1.54) is 25.3 Å². The zero-order chi connectivity index (χ0) is 16.4. The molecule has 3 rings (SSSR count). The highest BCUT2D eigenvalue weighted by molar-refractivity contribution is 5.94. The number of carbonyl (C=O) groups is 1. The van der Waals surface area contributed by atoms with Crippen molar-refractivity contribution in [2.45, 2.75) is 12.5 Å². The number of halogens is 1. The molecule has 5 nitrogen and oxygen atoms in total. The Kier molecular flexibility index (Phi) is 4.82. The molecule has 0 aliphatic carbocycles. The molecule has 0 bridgehead atoms. The number of likely N-dealkylation sites (tertiary alicyclic amines) is 1. The van der Waals surface area contributed by atoms with Crippen LogP contribution < -0.4 is 4.74 Å². The first kappa shape index (κ1) is 16.2. The summed E-state index contributed by atoms with van der Waals surface area (Å²) in [4.78, 5) is 19.3. The Labute approximate surface area is 136 Å². The van der Waals surface area contributed by atoms with E-state index in [0.29, 0.717) is 11.6 Å². The third kappa shape index (κ3) is 3.48. The summed E-state index contributed by atoms with van der Waals surface area (Å²) in [7, 11) is 3.55. The van der Waals surface area contributed by atoms with Crippen LogP contribution in [0, 0.1) is 5.82 Å². The minimum Gasteiger partial charge on any atom is -0.494 e. The first-order chi connectivity index (χ1) is 11.1. The van der Waals surface area contributed by atoms with Crippen LogP contribution in [-0.2, 0) is 0 Å². The fourth-order valence-electron chi connectivity index (χ4n) is 3.39. The molecule has 0 spiro atoms. The summed E-state index contributed by atoms with van der Waals surface area (Å²) < 4.78 is 18.5. The number of amides is 1. The van der Waals surface area contributed by atoms with Crippen LogP contribution in [0.4, 0.5) is 4.39 Å². The van der Waals surface area contributed by atoms with Gasteiger partial charge in [0.05, 0.1) is 7.11 Å². The normalized spacial score (nSPS) is 23.3. The maximum atomic E-state index is 13.5. The number of hydrogen-bond donors (Lipinski definition) is 0. The number of likely N-dealkylation sites (N-methyl/N-ethyl adjacent to an activating group) is 1. The lowest BCUT2D eigenvalue weighted by Crippen LogP contribution is -2.50. The summed E-state index contributed by atoms with van der Waals surface area (Å²) in [5.74, 6) is -0.369. The molecular weight excluding hydrogens is 297 g/mol. The second-order valence-corrected chi connectivity index (χ2v) is 6.38.